The molecule has 4 nitrogen and oxygen atoms in total. The molecule has 0 aliphatic heterocycles. The molecule has 0 saturated heterocycles. The summed E-state index contributed by atoms with van der Waals surface area (Å²) in [5.74, 6) is 4.63. The second-order valence-electron chi connectivity index (χ2n) is 8.57. The number of hydrogen-bond donors (Lipinski definition) is 1. The highest BCUT2D eigenvalue weighted by Gasteiger charge is 2.32. The Morgan fingerprint density at radius 3 is 2.37 bits per heavy atom. The van der Waals surface area contributed by atoms with Crippen LogP contribution in [0.1, 0.15) is 65.5 Å². The van der Waals surface area contributed by atoms with Crippen LogP contribution in [0.2, 0.25) is 0 Å². The van der Waals surface area contributed by atoms with Crippen LogP contribution in [0.4, 0.5) is 11.6 Å². The smallest absolute Gasteiger partial charge is 0.215 e. The first kappa shape index (κ1) is 19.7. The van der Waals surface area contributed by atoms with E-state index in [0.717, 1.165) is 23.8 Å². The Hall–Kier alpha value is -2.10. The first-order chi connectivity index (χ1) is 12.9. The summed E-state index contributed by atoms with van der Waals surface area (Å²) < 4.78 is 6.37. The molecule has 27 heavy (non-hydrogen) atoms. The molecule has 0 radical (unpaired) electrons. The summed E-state index contributed by atoms with van der Waals surface area (Å²) in [6.07, 6.45) is 3.90. The van der Waals surface area contributed by atoms with Crippen molar-refractivity contribution < 1.29 is 4.74 Å². The van der Waals surface area contributed by atoms with Crippen LogP contribution >= 0.6 is 0 Å². The van der Waals surface area contributed by atoms with Crippen molar-refractivity contribution in [1.82, 2.24) is 9.97 Å². The third kappa shape index (κ3) is 5.21. The molecular weight excluding hydrogens is 334 g/mol. The quantitative estimate of drug-likeness (QED) is 0.662. The molecule has 0 spiro atoms. The molecule has 2 heterocycles. The molecule has 0 bridgehead atoms. The van der Waals surface area contributed by atoms with Gasteiger partial charge in [-0.25, -0.2) is 4.98 Å². The van der Waals surface area contributed by atoms with Crippen molar-refractivity contribution in [3.05, 3.63) is 42.1 Å². The first-order valence-corrected chi connectivity index (χ1v) is 10.3. The minimum atomic E-state index is 0.249. The maximum atomic E-state index is 6.37. The largest absolute Gasteiger partial charge is 0.474 e. The molecule has 1 aliphatic rings. The first-order valence-electron chi connectivity index (χ1n) is 10.3. The minimum absolute atomic E-state index is 0.249. The molecule has 146 valence electrons. The fourth-order valence-electron chi connectivity index (χ4n) is 3.93. The van der Waals surface area contributed by atoms with Gasteiger partial charge in [0.1, 0.15) is 17.7 Å². The molecule has 3 rings (SSSR count). The van der Waals surface area contributed by atoms with E-state index >= 15 is 0 Å². The summed E-state index contributed by atoms with van der Waals surface area (Å²) in [5.41, 5.74) is 1.07. The van der Waals surface area contributed by atoms with E-state index in [1.807, 2.05) is 30.3 Å². The SMILES string of the molecule is CC1CCC(C(C)C)C(Oc2cccc(Nc3cccc(C(C)C)n3)n2)C1. The van der Waals surface area contributed by atoms with Crippen molar-refractivity contribution in [2.75, 3.05) is 5.32 Å². The number of anilines is 2. The molecule has 0 amide bonds. The van der Waals surface area contributed by atoms with Gasteiger partial charge in [0.2, 0.25) is 5.88 Å². The van der Waals surface area contributed by atoms with E-state index in [2.05, 4.69) is 56.0 Å². The van der Waals surface area contributed by atoms with Crippen molar-refractivity contribution in [2.45, 2.75) is 65.9 Å². The lowest BCUT2D eigenvalue weighted by molar-refractivity contribution is 0.0428. The van der Waals surface area contributed by atoms with Gasteiger partial charge in [-0.15, -0.1) is 0 Å². The van der Waals surface area contributed by atoms with Gasteiger partial charge in [0.05, 0.1) is 0 Å². The molecule has 1 saturated carbocycles. The molecule has 0 aromatic carbocycles. The fraction of sp³-hybridized carbons (Fsp3) is 0.565. The Morgan fingerprint density at radius 2 is 1.67 bits per heavy atom. The summed E-state index contributed by atoms with van der Waals surface area (Å²) in [5, 5.41) is 3.32. The van der Waals surface area contributed by atoms with Gasteiger partial charge in [-0.05, 0) is 54.7 Å². The van der Waals surface area contributed by atoms with Crippen LogP contribution in [-0.4, -0.2) is 16.1 Å². The number of nitrogens with one attached hydrogen (secondary N) is 1. The standard InChI is InChI=1S/C23H33N3O/c1-15(2)18-13-12-17(5)14-20(18)27-23-11-7-10-22(26-23)25-21-9-6-8-19(24-21)16(3)4/h6-11,15-18,20H,12-14H2,1-5H3,(H,24,25,26). The molecule has 1 aliphatic carbocycles. The molecule has 4 heteroatoms. The summed E-state index contributed by atoms with van der Waals surface area (Å²) in [4.78, 5) is 9.35. The van der Waals surface area contributed by atoms with E-state index in [-0.39, 0.29) is 6.10 Å². The zero-order valence-electron chi connectivity index (χ0n) is 17.3. The normalized spacial score (nSPS) is 22.9. The lowest BCUT2D eigenvalue weighted by Crippen LogP contribution is -2.36. The van der Waals surface area contributed by atoms with E-state index in [9.17, 15) is 0 Å². The van der Waals surface area contributed by atoms with Crippen LogP contribution in [-0.2, 0) is 0 Å². The zero-order valence-corrected chi connectivity index (χ0v) is 17.3. The highest BCUT2D eigenvalue weighted by Crippen LogP contribution is 2.35. The van der Waals surface area contributed by atoms with E-state index < -0.39 is 0 Å². The number of aromatic nitrogens is 2. The number of hydrogen-bond acceptors (Lipinski definition) is 4. The molecule has 1 fully saturated rings. The van der Waals surface area contributed by atoms with Gasteiger partial charge in [0, 0.05) is 11.8 Å². The number of pyridine rings is 2. The lowest BCUT2D eigenvalue weighted by Gasteiger charge is -2.37. The van der Waals surface area contributed by atoms with Gasteiger partial charge in [-0.2, -0.15) is 4.98 Å². The Labute approximate surface area is 163 Å². The van der Waals surface area contributed by atoms with E-state index in [1.54, 1.807) is 0 Å². The summed E-state index contributed by atoms with van der Waals surface area (Å²) in [6, 6.07) is 12.0. The second kappa shape index (κ2) is 8.73. The van der Waals surface area contributed by atoms with Crippen molar-refractivity contribution in [3.8, 4) is 5.88 Å². The minimum Gasteiger partial charge on any atom is -0.474 e. The topological polar surface area (TPSA) is 47.0 Å². The van der Waals surface area contributed by atoms with Crippen LogP contribution in [0.5, 0.6) is 5.88 Å². The highest BCUT2D eigenvalue weighted by molar-refractivity contribution is 5.52. The molecule has 2 aromatic rings. The van der Waals surface area contributed by atoms with Gasteiger partial charge in [0.15, 0.2) is 0 Å². The highest BCUT2D eigenvalue weighted by atomic mass is 16.5. The lowest BCUT2D eigenvalue weighted by atomic mass is 9.75. The summed E-state index contributed by atoms with van der Waals surface area (Å²) >= 11 is 0. The monoisotopic (exact) mass is 367 g/mol. The maximum absolute atomic E-state index is 6.37. The molecular formula is C23H33N3O. The Morgan fingerprint density at radius 1 is 0.963 bits per heavy atom. The van der Waals surface area contributed by atoms with Crippen LogP contribution in [0.3, 0.4) is 0 Å². The van der Waals surface area contributed by atoms with Gasteiger partial charge in [0.25, 0.3) is 0 Å². The third-order valence-corrected chi connectivity index (χ3v) is 5.58. The van der Waals surface area contributed by atoms with Gasteiger partial charge in [-0.3, -0.25) is 0 Å². The maximum Gasteiger partial charge on any atom is 0.215 e. The van der Waals surface area contributed by atoms with Crippen molar-refractivity contribution in [1.29, 1.82) is 0 Å². The third-order valence-electron chi connectivity index (χ3n) is 5.58. The second-order valence-corrected chi connectivity index (χ2v) is 8.57. The average molecular weight is 368 g/mol. The number of nitrogens with zero attached hydrogens (tertiary/aromatic N) is 2. The van der Waals surface area contributed by atoms with Crippen LogP contribution < -0.4 is 10.1 Å². The van der Waals surface area contributed by atoms with E-state index in [1.165, 1.54) is 12.8 Å². The predicted octanol–water partition coefficient (Wildman–Crippen LogP) is 6.18. The van der Waals surface area contributed by atoms with Crippen molar-refractivity contribution in [2.24, 2.45) is 17.8 Å². The van der Waals surface area contributed by atoms with Crippen molar-refractivity contribution >= 4 is 11.6 Å². The number of ether oxygens (including phenoxy) is 1. The molecule has 3 unspecified atom stereocenters. The van der Waals surface area contributed by atoms with E-state index in [0.29, 0.717) is 29.6 Å². The molecule has 3 atom stereocenters. The zero-order chi connectivity index (χ0) is 19.4. The Balaban J connectivity index is 1.72. The Bertz CT molecular complexity index is 744. The van der Waals surface area contributed by atoms with Crippen LogP contribution in [0, 0.1) is 17.8 Å². The summed E-state index contributed by atoms with van der Waals surface area (Å²) in [6.45, 7) is 11.2. The van der Waals surface area contributed by atoms with Crippen molar-refractivity contribution in [3.63, 3.8) is 0 Å². The number of rotatable bonds is 6. The van der Waals surface area contributed by atoms with E-state index in [4.69, 9.17) is 4.74 Å². The van der Waals surface area contributed by atoms with Gasteiger partial charge in [-0.1, -0.05) is 53.2 Å². The van der Waals surface area contributed by atoms with Crippen LogP contribution in [0.15, 0.2) is 36.4 Å². The molecule has 1 N–H and O–H groups in total. The Kier molecular flexibility index (Phi) is 6.35. The van der Waals surface area contributed by atoms with Gasteiger partial charge >= 0.3 is 0 Å². The predicted molar refractivity (Wildman–Crippen MR) is 112 cm³/mol. The average Bonchev–Trinajstić information content (AvgIpc) is 2.62. The fourth-order valence-corrected chi connectivity index (χ4v) is 3.93. The van der Waals surface area contributed by atoms with Crippen LogP contribution in [0.25, 0.3) is 0 Å². The van der Waals surface area contributed by atoms with Gasteiger partial charge < -0.3 is 10.1 Å². The molecule has 2 aromatic heterocycles. The summed E-state index contributed by atoms with van der Waals surface area (Å²) in [7, 11) is 0.